The molecular weight excluding hydrogens is 260 g/mol. The fourth-order valence-electron chi connectivity index (χ4n) is 4.56. The fraction of sp³-hybridized carbons (Fsp3) is 0.611. The molecule has 0 spiro atoms. The highest BCUT2D eigenvalue weighted by atomic mass is 16.1. The van der Waals surface area contributed by atoms with E-state index in [2.05, 4.69) is 26.1 Å². The van der Waals surface area contributed by atoms with Crippen LogP contribution in [0.5, 0.6) is 0 Å². The third kappa shape index (κ3) is 2.23. The van der Waals surface area contributed by atoms with Crippen molar-refractivity contribution in [3.63, 3.8) is 0 Å². The van der Waals surface area contributed by atoms with Crippen molar-refractivity contribution in [2.45, 2.75) is 52.5 Å². The number of carbonyl (C=O) groups excluding carboxylic acids is 1. The Morgan fingerprint density at radius 3 is 2.71 bits per heavy atom. The second-order valence-corrected chi connectivity index (χ2v) is 7.65. The summed E-state index contributed by atoms with van der Waals surface area (Å²) in [6.45, 7) is 7.09. The second-order valence-electron chi connectivity index (χ2n) is 7.65. The third-order valence-corrected chi connectivity index (χ3v) is 6.44. The molecule has 3 nitrogen and oxygen atoms in total. The van der Waals surface area contributed by atoms with Crippen molar-refractivity contribution in [2.75, 3.05) is 5.73 Å². The number of anilines is 1. The van der Waals surface area contributed by atoms with Crippen molar-refractivity contribution in [1.29, 1.82) is 0 Å². The molecule has 3 rings (SSSR count). The van der Waals surface area contributed by atoms with E-state index >= 15 is 0 Å². The largest absolute Gasteiger partial charge is 0.399 e. The SMILES string of the molecule is CC1(C)C2CCC1(C)C(NC(=O)Cc1cccc(N)c1)C2. The normalized spacial score (nSPS) is 33.1. The predicted molar refractivity (Wildman–Crippen MR) is 85.7 cm³/mol. The number of nitrogens with one attached hydrogen (secondary N) is 1. The van der Waals surface area contributed by atoms with E-state index in [0.717, 1.165) is 17.9 Å². The van der Waals surface area contributed by atoms with Gasteiger partial charge in [0.25, 0.3) is 0 Å². The average Bonchev–Trinajstić information content (AvgIpc) is 2.72. The predicted octanol–water partition coefficient (Wildman–Crippen LogP) is 3.14. The van der Waals surface area contributed by atoms with Gasteiger partial charge in [0.2, 0.25) is 5.91 Å². The van der Waals surface area contributed by atoms with Gasteiger partial charge in [-0.2, -0.15) is 0 Å². The molecule has 1 aromatic rings. The van der Waals surface area contributed by atoms with Crippen LogP contribution >= 0.6 is 0 Å². The van der Waals surface area contributed by atoms with Gasteiger partial charge in [-0.3, -0.25) is 4.79 Å². The molecule has 2 saturated carbocycles. The minimum atomic E-state index is 0.121. The number of nitrogen functional groups attached to an aromatic ring is 1. The van der Waals surface area contributed by atoms with Crippen molar-refractivity contribution in [2.24, 2.45) is 16.7 Å². The van der Waals surface area contributed by atoms with Gasteiger partial charge in [0, 0.05) is 11.7 Å². The highest BCUT2D eigenvalue weighted by Gasteiger charge is 2.61. The Kier molecular flexibility index (Phi) is 3.27. The Labute approximate surface area is 127 Å². The molecule has 3 heteroatoms. The van der Waals surface area contributed by atoms with Crippen molar-refractivity contribution >= 4 is 11.6 Å². The Morgan fingerprint density at radius 2 is 2.14 bits per heavy atom. The lowest BCUT2D eigenvalue weighted by Gasteiger charge is -2.39. The van der Waals surface area contributed by atoms with Crippen LogP contribution in [0.1, 0.15) is 45.6 Å². The van der Waals surface area contributed by atoms with Crippen LogP contribution in [0.2, 0.25) is 0 Å². The van der Waals surface area contributed by atoms with Gasteiger partial charge in [-0.15, -0.1) is 0 Å². The molecule has 2 aliphatic rings. The molecule has 0 aliphatic heterocycles. The van der Waals surface area contributed by atoms with Gasteiger partial charge in [-0.1, -0.05) is 32.9 Å². The van der Waals surface area contributed by atoms with Crippen LogP contribution in [0, 0.1) is 16.7 Å². The van der Waals surface area contributed by atoms with Crippen LogP contribution in [0.3, 0.4) is 0 Å². The monoisotopic (exact) mass is 286 g/mol. The molecule has 2 fully saturated rings. The maximum absolute atomic E-state index is 12.4. The van der Waals surface area contributed by atoms with E-state index in [9.17, 15) is 4.79 Å². The molecule has 1 aromatic carbocycles. The first kappa shape index (κ1) is 14.4. The van der Waals surface area contributed by atoms with E-state index < -0.39 is 0 Å². The summed E-state index contributed by atoms with van der Waals surface area (Å²) in [7, 11) is 0. The Balaban J connectivity index is 1.67. The molecule has 21 heavy (non-hydrogen) atoms. The van der Waals surface area contributed by atoms with E-state index in [1.807, 2.05) is 24.3 Å². The van der Waals surface area contributed by atoms with Crippen LogP contribution in [-0.4, -0.2) is 11.9 Å². The fourth-order valence-corrected chi connectivity index (χ4v) is 4.56. The third-order valence-electron chi connectivity index (χ3n) is 6.44. The zero-order valence-electron chi connectivity index (χ0n) is 13.3. The van der Waals surface area contributed by atoms with Gasteiger partial charge in [-0.25, -0.2) is 0 Å². The highest BCUT2D eigenvalue weighted by molar-refractivity contribution is 5.79. The number of nitrogens with two attached hydrogens (primary N) is 1. The lowest BCUT2D eigenvalue weighted by molar-refractivity contribution is -0.122. The molecule has 3 N–H and O–H groups in total. The summed E-state index contributed by atoms with van der Waals surface area (Å²) in [5.41, 5.74) is 8.05. The molecule has 3 unspecified atom stereocenters. The van der Waals surface area contributed by atoms with Crippen molar-refractivity contribution in [1.82, 2.24) is 5.32 Å². The summed E-state index contributed by atoms with van der Waals surface area (Å²) >= 11 is 0. The van der Waals surface area contributed by atoms with Crippen molar-refractivity contribution in [3.05, 3.63) is 29.8 Å². The van der Waals surface area contributed by atoms with Crippen molar-refractivity contribution in [3.8, 4) is 0 Å². The molecule has 3 atom stereocenters. The summed E-state index contributed by atoms with van der Waals surface area (Å²) in [6.07, 6.45) is 4.09. The summed E-state index contributed by atoms with van der Waals surface area (Å²) in [5.74, 6) is 0.871. The smallest absolute Gasteiger partial charge is 0.224 e. The van der Waals surface area contributed by atoms with Gasteiger partial charge in [0.15, 0.2) is 0 Å². The summed E-state index contributed by atoms with van der Waals surface area (Å²) in [4.78, 5) is 12.4. The number of hydrogen-bond acceptors (Lipinski definition) is 2. The minimum absolute atomic E-state index is 0.121. The summed E-state index contributed by atoms with van der Waals surface area (Å²) in [5, 5.41) is 3.29. The standard InChI is InChI=1S/C18H26N2O/c1-17(2)13-7-8-18(17,3)15(11-13)20-16(21)10-12-5-4-6-14(19)9-12/h4-6,9,13,15H,7-8,10-11,19H2,1-3H3,(H,20,21). The Morgan fingerprint density at radius 1 is 1.38 bits per heavy atom. The first-order chi connectivity index (χ1) is 9.83. The van der Waals surface area contributed by atoms with Crippen LogP contribution in [0.15, 0.2) is 24.3 Å². The molecule has 1 amide bonds. The van der Waals surface area contributed by atoms with E-state index in [1.54, 1.807) is 0 Å². The lowest BCUT2D eigenvalue weighted by atomic mass is 9.69. The number of fused-ring (bicyclic) bond motifs is 2. The van der Waals surface area contributed by atoms with Crippen LogP contribution in [-0.2, 0) is 11.2 Å². The van der Waals surface area contributed by atoms with Crippen LogP contribution in [0.25, 0.3) is 0 Å². The van der Waals surface area contributed by atoms with E-state index in [1.165, 1.54) is 12.8 Å². The summed E-state index contributed by atoms with van der Waals surface area (Å²) < 4.78 is 0. The number of rotatable bonds is 3. The maximum Gasteiger partial charge on any atom is 0.224 e. The maximum atomic E-state index is 12.4. The number of carbonyl (C=O) groups is 1. The Hall–Kier alpha value is -1.51. The number of amides is 1. The van der Waals surface area contributed by atoms with Crippen LogP contribution in [0.4, 0.5) is 5.69 Å². The summed E-state index contributed by atoms with van der Waals surface area (Å²) in [6, 6.07) is 7.91. The molecule has 0 aromatic heterocycles. The molecule has 0 heterocycles. The van der Waals surface area contributed by atoms with E-state index in [-0.39, 0.29) is 11.3 Å². The molecule has 0 saturated heterocycles. The first-order valence-electron chi connectivity index (χ1n) is 7.97. The average molecular weight is 286 g/mol. The minimum Gasteiger partial charge on any atom is -0.399 e. The first-order valence-corrected chi connectivity index (χ1v) is 7.97. The zero-order chi connectivity index (χ0) is 15.3. The van der Waals surface area contributed by atoms with Crippen molar-refractivity contribution < 1.29 is 4.79 Å². The number of hydrogen-bond donors (Lipinski definition) is 2. The molecule has 0 radical (unpaired) electrons. The molecule has 114 valence electrons. The van der Waals surface area contributed by atoms with Gasteiger partial charge >= 0.3 is 0 Å². The zero-order valence-corrected chi connectivity index (χ0v) is 13.3. The van der Waals surface area contributed by atoms with E-state index in [4.69, 9.17) is 5.73 Å². The second kappa shape index (κ2) is 4.75. The molecule has 2 aliphatic carbocycles. The molecular formula is C18H26N2O. The number of benzene rings is 1. The highest BCUT2D eigenvalue weighted by Crippen LogP contribution is 2.65. The Bertz CT molecular complexity index is 566. The van der Waals surface area contributed by atoms with Gasteiger partial charge in [0.05, 0.1) is 6.42 Å². The van der Waals surface area contributed by atoms with Gasteiger partial charge in [-0.05, 0) is 53.7 Å². The topological polar surface area (TPSA) is 55.1 Å². The molecule has 2 bridgehead atoms. The van der Waals surface area contributed by atoms with Crippen LogP contribution < -0.4 is 11.1 Å². The lowest BCUT2D eigenvalue weighted by Crippen LogP contribution is -2.47. The van der Waals surface area contributed by atoms with Gasteiger partial charge < -0.3 is 11.1 Å². The van der Waals surface area contributed by atoms with Gasteiger partial charge in [0.1, 0.15) is 0 Å². The quantitative estimate of drug-likeness (QED) is 0.839. The van der Waals surface area contributed by atoms with E-state index in [0.29, 0.717) is 23.6 Å².